The van der Waals surface area contributed by atoms with Crippen LogP contribution in [0.5, 0.6) is 5.75 Å². The second-order valence-electron chi connectivity index (χ2n) is 9.74. The highest BCUT2D eigenvalue weighted by atomic mass is 16.5. The van der Waals surface area contributed by atoms with E-state index in [9.17, 15) is 9.59 Å². The van der Waals surface area contributed by atoms with Gasteiger partial charge in [-0.2, -0.15) is 0 Å². The number of urea groups is 1. The van der Waals surface area contributed by atoms with Crippen molar-refractivity contribution in [1.29, 1.82) is 5.41 Å². The molecule has 6 N–H and O–H groups in total. The number of benzene rings is 4. The zero-order valence-electron chi connectivity index (χ0n) is 21.4. The molecule has 0 saturated carbocycles. The lowest BCUT2D eigenvalue weighted by Gasteiger charge is -2.27. The Kier molecular flexibility index (Phi) is 7.45. The normalized spacial score (nSPS) is 14.3. The summed E-state index contributed by atoms with van der Waals surface area (Å²) in [6.45, 7) is 0.634. The Labute approximate surface area is 226 Å². The largest absolute Gasteiger partial charge is 0.489 e. The summed E-state index contributed by atoms with van der Waals surface area (Å²) in [6, 6.07) is 23.9. The van der Waals surface area contributed by atoms with Crippen LogP contribution in [0.25, 0.3) is 10.8 Å². The molecule has 0 bridgehead atoms. The number of amides is 2. The zero-order valence-corrected chi connectivity index (χ0v) is 21.4. The summed E-state index contributed by atoms with van der Waals surface area (Å²) in [7, 11) is 0. The minimum absolute atomic E-state index is 0.0486. The van der Waals surface area contributed by atoms with Crippen molar-refractivity contribution >= 4 is 28.6 Å². The van der Waals surface area contributed by atoms with E-state index in [1.807, 2.05) is 42.5 Å². The number of carbonyl (C=O) groups is 2. The van der Waals surface area contributed by atoms with Crippen LogP contribution in [0.1, 0.15) is 57.1 Å². The Morgan fingerprint density at radius 2 is 1.77 bits per heavy atom. The Morgan fingerprint density at radius 1 is 0.949 bits per heavy atom. The Hall–Kier alpha value is -4.85. The smallest absolute Gasteiger partial charge is 0.335 e. The molecule has 198 valence electrons. The van der Waals surface area contributed by atoms with Gasteiger partial charge in [0.1, 0.15) is 18.2 Å². The number of amidine groups is 1. The molecule has 4 aromatic rings. The van der Waals surface area contributed by atoms with Crippen molar-refractivity contribution in [3.8, 4) is 5.75 Å². The number of nitrogen functional groups attached to an aromatic ring is 1. The third-order valence-corrected chi connectivity index (χ3v) is 6.99. The highest BCUT2D eigenvalue weighted by Gasteiger charge is 2.22. The van der Waals surface area contributed by atoms with Crippen LogP contribution < -0.4 is 21.1 Å². The second kappa shape index (κ2) is 11.3. The van der Waals surface area contributed by atoms with Crippen molar-refractivity contribution in [3.05, 3.63) is 112 Å². The van der Waals surface area contributed by atoms with Gasteiger partial charge in [-0.3, -0.25) is 5.41 Å². The summed E-state index contributed by atoms with van der Waals surface area (Å²) < 4.78 is 6.13. The van der Waals surface area contributed by atoms with Crippen LogP contribution in [0.4, 0.5) is 4.79 Å². The minimum atomic E-state index is -0.998. The summed E-state index contributed by atoms with van der Waals surface area (Å²) in [4.78, 5) is 23.9. The number of aromatic carboxylic acids is 1. The van der Waals surface area contributed by atoms with Crippen molar-refractivity contribution in [2.75, 3.05) is 0 Å². The van der Waals surface area contributed by atoms with Crippen molar-refractivity contribution in [2.24, 2.45) is 5.73 Å². The van der Waals surface area contributed by atoms with E-state index in [0.29, 0.717) is 12.2 Å². The number of hydrogen-bond acceptors (Lipinski definition) is 4. The number of fused-ring (bicyclic) bond motifs is 2. The van der Waals surface area contributed by atoms with E-state index in [0.717, 1.165) is 52.5 Å². The van der Waals surface area contributed by atoms with E-state index in [4.69, 9.17) is 21.0 Å². The SMILES string of the molecule is N=C(N)c1ccc2cc(COc3ccc4c(c3)C(NC(=O)NCc3cccc(C(=O)O)c3)CCC4)ccc2c1. The van der Waals surface area contributed by atoms with Gasteiger partial charge in [-0.1, -0.05) is 42.5 Å². The molecule has 0 heterocycles. The van der Waals surface area contributed by atoms with Gasteiger partial charge < -0.3 is 26.2 Å². The lowest BCUT2D eigenvalue weighted by molar-refractivity contribution is 0.0696. The van der Waals surface area contributed by atoms with Crippen LogP contribution in [0, 0.1) is 5.41 Å². The first-order valence-corrected chi connectivity index (χ1v) is 12.8. The van der Waals surface area contributed by atoms with E-state index < -0.39 is 5.97 Å². The average molecular weight is 523 g/mol. The molecule has 0 fully saturated rings. The third-order valence-electron chi connectivity index (χ3n) is 6.99. The number of nitrogens with two attached hydrogens (primary N) is 1. The van der Waals surface area contributed by atoms with E-state index in [-0.39, 0.29) is 30.0 Å². The molecular formula is C31H30N4O4. The molecule has 0 saturated heterocycles. The second-order valence-corrected chi connectivity index (χ2v) is 9.74. The van der Waals surface area contributed by atoms with Crippen LogP contribution in [-0.4, -0.2) is 22.9 Å². The molecule has 8 nitrogen and oxygen atoms in total. The number of hydrogen-bond donors (Lipinski definition) is 5. The fourth-order valence-corrected chi connectivity index (χ4v) is 4.94. The summed E-state index contributed by atoms with van der Waals surface area (Å²) in [5.74, 6) is -0.213. The maximum Gasteiger partial charge on any atom is 0.335 e. The van der Waals surface area contributed by atoms with E-state index in [2.05, 4.69) is 22.8 Å². The number of carbonyl (C=O) groups excluding carboxylic acids is 1. The molecule has 1 aliphatic rings. The van der Waals surface area contributed by atoms with E-state index in [1.54, 1.807) is 18.2 Å². The van der Waals surface area contributed by atoms with Crippen molar-refractivity contribution in [2.45, 2.75) is 38.5 Å². The van der Waals surface area contributed by atoms with Gasteiger partial charge in [0, 0.05) is 12.1 Å². The van der Waals surface area contributed by atoms with Gasteiger partial charge in [-0.25, -0.2) is 9.59 Å². The number of carboxylic acids is 1. The molecule has 0 radical (unpaired) electrons. The fraction of sp³-hybridized carbons (Fsp3) is 0.194. The molecule has 0 aliphatic heterocycles. The monoisotopic (exact) mass is 522 g/mol. The van der Waals surface area contributed by atoms with Gasteiger partial charge in [0.2, 0.25) is 0 Å². The quantitative estimate of drug-likeness (QED) is 0.158. The predicted molar refractivity (Wildman–Crippen MR) is 150 cm³/mol. The van der Waals surface area contributed by atoms with Crippen LogP contribution in [-0.2, 0) is 19.6 Å². The fourth-order valence-electron chi connectivity index (χ4n) is 4.94. The molecule has 0 aromatic heterocycles. The van der Waals surface area contributed by atoms with E-state index in [1.165, 1.54) is 11.6 Å². The predicted octanol–water partition coefficient (Wildman–Crippen LogP) is 5.28. The number of ether oxygens (including phenoxy) is 1. The van der Waals surface area contributed by atoms with Gasteiger partial charge >= 0.3 is 12.0 Å². The molecule has 39 heavy (non-hydrogen) atoms. The molecular weight excluding hydrogens is 492 g/mol. The van der Waals surface area contributed by atoms with Crippen LogP contribution in [0.2, 0.25) is 0 Å². The van der Waals surface area contributed by atoms with Crippen molar-refractivity contribution < 1.29 is 19.4 Å². The molecule has 8 heteroatoms. The number of rotatable bonds is 8. The number of carboxylic acid groups (broad SMARTS) is 1. The lowest BCUT2D eigenvalue weighted by atomic mass is 9.87. The maximum atomic E-state index is 12.7. The van der Waals surface area contributed by atoms with Crippen molar-refractivity contribution in [1.82, 2.24) is 10.6 Å². The molecule has 5 rings (SSSR count). The summed E-state index contributed by atoms with van der Waals surface area (Å²) in [5.41, 5.74) is 10.5. The minimum Gasteiger partial charge on any atom is -0.489 e. The topological polar surface area (TPSA) is 138 Å². The average Bonchev–Trinajstić information content (AvgIpc) is 2.95. The molecule has 1 atom stereocenters. The standard InChI is InChI=1S/C31H30N4O4/c32-29(33)24-10-9-22-14-20(7-8-23(22)15-24)18-39-26-12-11-21-4-2-6-28(27(21)16-26)35-31(38)34-17-19-3-1-5-25(13-19)30(36)37/h1,3,5,7-16,28H,2,4,6,17-18H2,(H3,32,33)(H,36,37)(H2,34,35,38). The molecule has 4 aromatic carbocycles. The van der Waals surface area contributed by atoms with Gasteiger partial charge in [0.15, 0.2) is 0 Å². The molecule has 1 unspecified atom stereocenters. The van der Waals surface area contributed by atoms with Gasteiger partial charge in [-0.05, 0) is 88.7 Å². The summed E-state index contributed by atoms with van der Waals surface area (Å²) in [5, 5.41) is 24.8. The van der Waals surface area contributed by atoms with Crippen LogP contribution in [0.15, 0.2) is 78.9 Å². The molecule has 2 amide bonds. The number of aryl methyl sites for hydroxylation is 1. The van der Waals surface area contributed by atoms with E-state index >= 15 is 0 Å². The highest BCUT2D eigenvalue weighted by molar-refractivity contribution is 5.99. The van der Waals surface area contributed by atoms with Crippen LogP contribution in [0.3, 0.4) is 0 Å². The number of nitrogens with one attached hydrogen (secondary N) is 3. The highest BCUT2D eigenvalue weighted by Crippen LogP contribution is 2.33. The van der Waals surface area contributed by atoms with Gasteiger partial charge in [0.05, 0.1) is 11.6 Å². The maximum absolute atomic E-state index is 12.7. The Bertz CT molecular complexity index is 1570. The first-order chi connectivity index (χ1) is 18.9. The van der Waals surface area contributed by atoms with Gasteiger partial charge in [-0.15, -0.1) is 0 Å². The Balaban J connectivity index is 1.22. The molecule has 0 spiro atoms. The summed E-state index contributed by atoms with van der Waals surface area (Å²) in [6.07, 6.45) is 2.75. The third kappa shape index (κ3) is 6.18. The van der Waals surface area contributed by atoms with Gasteiger partial charge in [0.25, 0.3) is 0 Å². The Morgan fingerprint density at radius 3 is 2.59 bits per heavy atom. The summed E-state index contributed by atoms with van der Waals surface area (Å²) >= 11 is 0. The first-order valence-electron chi connectivity index (χ1n) is 12.8. The van der Waals surface area contributed by atoms with Crippen LogP contribution >= 0.6 is 0 Å². The molecule has 1 aliphatic carbocycles. The zero-order chi connectivity index (χ0) is 27.4. The van der Waals surface area contributed by atoms with Crippen molar-refractivity contribution in [3.63, 3.8) is 0 Å². The first kappa shape index (κ1) is 25.8. The lowest BCUT2D eigenvalue weighted by Crippen LogP contribution is -2.38.